The minimum atomic E-state index is -1.12. The van der Waals surface area contributed by atoms with Crippen LogP contribution < -0.4 is 5.32 Å². The standard InChI is InChI=1S/C13H9F3N2O2/c14-8-3-10(15)12(11(16)4-8)18-6-9-2-1-7(5-17-9)13(19)20/h1-5,18H,6H2,(H,19,20). The number of aromatic carboxylic acids is 1. The van der Waals surface area contributed by atoms with Crippen molar-refractivity contribution in [2.45, 2.75) is 6.54 Å². The first-order chi connectivity index (χ1) is 9.47. The summed E-state index contributed by atoms with van der Waals surface area (Å²) in [6, 6.07) is 3.86. The smallest absolute Gasteiger partial charge is 0.337 e. The molecule has 0 saturated carbocycles. The summed E-state index contributed by atoms with van der Waals surface area (Å²) in [7, 11) is 0. The van der Waals surface area contributed by atoms with E-state index in [2.05, 4.69) is 10.3 Å². The van der Waals surface area contributed by atoms with E-state index in [1.165, 1.54) is 12.1 Å². The van der Waals surface area contributed by atoms with Gasteiger partial charge in [0.25, 0.3) is 0 Å². The van der Waals surface area contributed by atoms with Gasteiger partial charge >= 0.3 is 5.97 Å². The normalized spacial score (nSPS) is 10.3. The molecule has 0 bridgehead atoms. The molecular weight excluding hydrogens is 273 g/mol. The highest BCUT2D eigenvalue weighted by Crippen LogP contribution is 2.20. The number of carboxylic acid groups (broad SMARTS) is 1. The molecule has 1 heterocycles. The van der Waals surface area contributed by atoms with Crippen LogP contribution in [0.1, 0.15) is 16.1 Å². The van der Waals surface area contributed by atoms with E-state index < -0.39 is 29.1 Å². The average Bonchev–Trinajstić information content (AvgIpc) is 2.38. The van der Waals surface area contributed by atoms with Gasteiger partial charge in [0, 0.05) is 18.3 Å². The molecule has 2 aromatic rings. The van der Waals surface area contributed by atoms with E-state index in [0.717, 1.165) is 6.20 Å². The van der Waals surface area contributed by atoms with Gasteiger partial charge in [0.05, 0.1) is 17.8 Å². The van der Waals surface area contributed by atoms with Crippen molar-refractivity contribution >= 4 is 11.7 Å². The van der Waals surface area contributed by atoms with Crippen molar-refractivity contribution in [2.75, 3.05) is 5.32 Å². The number of hydrogen-bond donors (Lipinski definition) is 2. The number of anilines is 1. The lowest BCUT2D eigenvalue weighted by molar-refractivity contribution is 0.0696. The number of carboxylic acids is 1. The van der Waals surface area contributed by atoms with Gasteiger partial charge in [-0.1, -0.05) is 0 Å². The molecule has 0 aliphatic carbocycles. The number of halogens is 3. The summed E-state index contributed by atoms with van der Waals surface area (Å²) in [5.74, 6) is -4.23. The maximum atomic E-state index is 13.3. The quantitative estimate of drug-likeness (QED) is 0.905. The number of carbonyl (C=O) groups is 1. The summed E-state index contributed by atoms with van der Waals surface area (Å²) in [4.78, 5) is 14.5. The Hall–Kier alpha value is -2.57. The van der Waals surface area contributed by atoms with Gasteiger partial charge in [0.1, 0.15) is 11.5 Å². The minimum Gasteiger partial charge on any atom is -0.478 e. The molecule has 0 aliphatic heterocycles. The number of rotatable bonds is 4. The zero-order chi connectivity index (χ0) is 14.7. The molecule has 20 heavy (non-hydrogen) atoms. The third-order valence-corrected chi connectivity index (χ3v) is 2.52. The van der Waals surface area contributed by atoms with Crippen molar-refractivity contribution in [1.82, 2.24) is 4.98 Å². The minimum absolute atomic E-state index is 0.00731. The van der Waals surface area contributed by atoms with Gasteiger partial charge in [-0.25, -0.2) is 18.0 Å². The van der Waals surface area contributed by atoms with Crippen molar-refractivity contribution in [1.29, 1.82) is 0 Å². The topological polar surface area (TPSA) is 62.2 Å². The van der Waals surface area contributed by atoms with E-state index in [1.54, 1.807) is 0 Å². The Balaban J connectivity index is 2.11. The highest BCUT2D eigenvalue weighted by molar-refractivity contribution is 5.87. The fourth-order valence-electron chi connectivity index (χ4n) is 1.55. The molecule has 0 aliphatic rings. The largest absolute Gasteiger partial charge is 0.478 e. The second kappa shape index (κ2) is 5.60. The molecular formula is C13H9F3N2O2. The van der Waals surface area contributed by atoms with E-state index in [-0.39, 0.29) is 12.1 Å². The Labute approximate surface area is 111 Å². The number of pyridine rings is 1. The van der Waals surface area contributed by atoms with Gasteiger partial charge < -0.3 is 10.4 Å². The number of aromatic nitrogens is 1. The molecule has 0 unspecified atom stereocenters. The highest BCUT2D eigenvalue weighted by Gasteiger charge is 2.11. The zero-order valence-corrected chi connectivity index (χ0v) is 10.0. The second-order valence-corrected chi connectivity index (χ2v) is 3.94. The second-order valence-electron chi connectivity index (χ2n) is 3.94. The molecule has 0 amide bonds. The van der Waals surface area contributed by atoms with Gasteiger partial charge in [-0.05, 0) is 12.1 Å². The predicted molar refractivity (Wildman–Crippen MR) is 64.8 cm³/mol. The van der Waals surface area contributed by atoms with Crippen molar-refractivity contribution in [3.05, 3.63) is 59.2 Å². The molecule has 4 nitrogen and oxygen atoms in total. The lowest BCUT2D eigenvalue weighted by atomic mass is 10.2. The SMILES string of the molecule is O=C(O)c1ccc(CNc2c(F)cc(F)cc2F)nc1. The van der Waals surface area contributed by atoms with E-state index >= 15 is 0 Å². The van der Waals surface area contributed by atoms with Crippen LogP contribution in [0.2, 0.25) is 0 Å². The van der Waals surface area contributed by atoms with E-state index in [1.807, 2.05) is 0 Å². The number of nitrogens with one attached hydrogen (secondary N) is 1. The number of nitrogens with zero attached hydrogens (tertiary/aromatic N) is 1. The Kier molecular flexibility index (Phi) is 3.88. The Morgan fingerprint density at radius 2 is 1.85 bits per heavy atom. The molecule has 0 radical (unpaired) electrons. The van der Waals surface area contributed by atoms with Gasteiger partial charge in [-0.15, -0.1) is 0 Å². The van der Waals surface area contributed by atoms with Crippen LogP contribution in [-0.2, 0) is 6.54 Å². The predicted octanol–water partition coefficient (Wildman–Crippen LogP) is 2.81. The van der Waals surface area contributed by atoms with E-state index in [9.17, 15) is 18.0 Å². The summed E-state index contributed by atoms with van der Waals surface area (Å²) in [5.41, 5.74) is -0.0680. The first-order valence-electron chi connectivity index (χ1n) is 5.54. The fraction of sp³-hybridized carbons (Fsp3) is 0.0769. The molecule has 7 heteroatoms. The van der Waals surface area contributed by atoms with E-state index in [4.69, 9.17) is 5.11 Å². The average molecular weight is 282 g/mol. The van der Waals surface area contributed by atoms with Crippen LogP contribution in [0.15, 0.2) is 30.5 Å². The maximum Gasteiger partial charge on any atom is 0.337 e. The van der Waals surface area contributed by atoms with Gasteiger partial charge in [0.15, 0.2) is 11.6 Å². The number of benzene rings is 1. The van der Waals surface area contributed by atoms with Crippen LogP contribution in [0.25, 0.3) is 0 Å². The van der Waals surface area contributed by atoms with Crippen molar-refractivity contribution in [3.63, 3.8) is 0 Å². The molecule has 2 rings (SSSR count). The van der Waals surface area contributed by atoms with Crippen molar-refractivity contribution in [3.8, 4) is 0 Å². The van der Waals surface area contributed by atoms with E-state index in [0.29, 0.717) is 17.8 Å². The third kappa shape index (κ3) is 3.05. The first kappa shape index (κ1) is 13.9. The van der Waals surface area contributed by atoms with Crippen LogP contribution >= 0.6 is 0 Å². The summed E-state index contributed by atoms with van der Waals surface area (Å²) in [5, 5.41) is 11.1. The molecule has 0 fully saturated rings. The number of hydrogen-bond acceptors (Lipinski definition) is 3. The Bertz CT molecular complexity index is 622. The van der Waals surface area contributed by atoms with Crippen LogP contribution in [0, 0.1) is 17.5 Å². The zero-order valence-electron chi connectivity index (χ0n) is 10.0. The highest BCUT2D eigenvalue weighted by atomic mass is 19.1. The monoisotopic (exact) mass is 282 g/mol. The van der Waals surface area contributed by atoms with Crippen molar-refractivity contribution in [2.24, 2.45) is 0 Å². The van der Waals surface area contributed by atoms with Crippen LogP contribution in [0.3, 0.4) is 0 Å². The van der Waals surface area contributed by atoms with Crippen LogP contribution in [-0.4, -0.2) is 16.1 Å². The molecule has 0 atom stereocenters. The fourth-order valence-corrected chi connectivity index (χ4v) is 1.55. The maximum absolute atomic E-state index is 13.3. The van der Waals surface area contributed by atoms with Crippen LogP contribution in [0.4, 0.5) is 18.9 Å². The van der Waals surface area contributed by atoms with Gasteiger partial charge in [-0.2, -0.15) is 0 Å². The van der Waals surface area contributed by atoms with Gasteiger partial charge in [0.2, 0.25) is 0 Å². The molecule has 0 saturated heterocycles. The van der Waals surface area contributed by atoms with Crippen LogP contribution in [0.5, 0.6) is 0 Å². The Morgan fingerprint density at radius 1 is 1.20 bits per heavy atom. The lowest BCUT2D eigenvalue weighted by Gasteiger charge is -2.08. The molecule has 104 valence electrons. The molecule has 1 aromatic carbocycles. The first-order valence-corrected chi connectivity index (χ1v) is 5.54. The summed E-state index contributed by atoms with van der Waals surface area (Å²) < 4.78 is 39.4. The molecule has 0 spiro atoms. The summed E-state index contributed by atoms with van der Waals surface area (Å²) >= 11 is 0. The molecule has 1 aromatic heterocycles. The summed E-state index contributed by atoms with van der Waals surface area (Å²) in [6.07, 6.45) is 1.14. The van der Waals surface area contributed by atoms with Crippen molar-refractivity contribution < 1.29 is 23.1 Å². The van der Waals surface area contributed by atoms with Gasteiger partial charge in [-0.3, -0.25) is 4.98 Å². The summed E-state index contributed by atoms with van der Waals surface area (Å²) in [6.45, 7) is -0.0284. The molecule has 2 N–H and O–H groups in total. The lowest BCUT2D eigenvalue weighted by Crippen LogP contribution is -2.07. The third-order valence-electron chi connectivity index (χ3n) is 2.52. The Morgan fingerprint density at radius 3 is 2.35 bits per heavy atom.